The molecule has 96 valence electrons. The summed E-state index contributed by atoms with van der Waals surface area (Å²) in [6.07, 6.45) is 6.65. The van der Waals surface area contributed by atoms with E-state index in [1.807, 2.05) is 25.4 Å². The first-order chi connectivity index (χ1) is 9.33. The van der Waals surface area contributed by atoms with Gasteiger partial charge in [0.25, 0.3) is 0 Å². The van der Waals surface area contributed by atoms with Crippen molar-refractivity contribution in [3.05, 3.63) is 42.9 Å². The van der Waals surface area contributed by atoms with E-state index in [4.69, 9.17) is 0 Å². The van der Waals surface area contributed by atoms with E-state index in [-0.39, 0.29) is 0 Å². The van der Waals surface area contributed by atoms with Gasteiger partial charge >= 0.3 is 0 Å². The van der Waals surface area contributed by atoms with Crippen molar-refractivity contribution in [2.24, 2.45) is 7.05 Å². The maximum Gasteiger partial charge on any atom is 0.178 e. The van der Waals surface area contributed by atoms with Gasteiger partial charge in [-0.05, 0) is 12.1 Å². The Morgan fingerprint density at radius 3 is 3.05 bits per heavy atom. The lowest BCUT2D eigenvalue weighted by Gasteiger charge is -2.08. The zero-order chi connectivity index (χ0) is 13.1. The zero-order valence-electron chi connectivity index (χ0n) is 10.3. The quantitative estimate of drug-likeness (QED) is 0.727. The molecule has 0 aliphatic rings. The van der Waals surface area contributed by atoms with Gasteiger partial charge in [0.05, 0.1) is 12.2 Å². The molecule has 0 fully saturated rings. The molecule has 0 aliphatic heterocycles. The van der Waals surface area contributed by atoms with Crippen molar-refractivity contribution in [3.8, 4) is 5.82 Å². The monoisotopic (exact) mass is 256 g/mol. The Bertz CT molecular complexity index is 657. The first kappa shape index (κ1) is 11.3. The average molecular weight is 256 g/mol. The van der Waals surface area contributed by atoms with Crippen LogP contribution in [0.3, 0.4) is 0 Å². The highest BCUT2D eigenvalue weighted by atomic mass is 15.4. The highest BCUT2D eigenvalue weighted by Gasteiger charge is 2.06. The second-order valence-electron chi connectivity index (χ2n) is 3.95. The largest absolute Gasteiger partial charge is 0.376 e. The maximum absolute atomic E-state index is 4.30. The Kier molecular flexibility index (Phi) is 2.89. The van der Waals surface area contributed by atoms with Crippen LogP contribution in [0, 0.1) is 0 Å². The molecule has 0 unspecified atom stereocenters. The zero-order valence-corrected chi connectivity index (χ0v) is 10.3. The predicted molar refractivity (Wildman–Crippen MR) is 67.5 cm³/mol. The minimum absolute atomic E-state index is 0.571. The predicted octanol–water partition coefficient (Wildman–Crippen LogP) is 0.403. The fraction of sp³-hybridized carbons (Fsp3) is 0.182. The van der Waals surface area contributed by atoms with Crippen LogP contribution in [0.15, 0.2) is 37.2 Å². The number of hydrogen-bond donors (Lipinski definition) is 1. The van der Waals surface area contributed by atoms with Crippen LogP contribution in [0.5, 0.6) is 0 Å². The Hall–Kier alpha value is -2.77. The summed E-state index contributed by atoms with van der Waals surface area (Å²) in [5, 5.41) is 15.2. The molecule has 0 radical (unpaired) electrons. The first-order valence-electron chi connectivity index (χ1n) is 5.72. The molecule has 3 rings (SSSR count). The fourth-order valence-electron chi connectivity index (χ4n) is 1.70. The van der Waals surface area contributed by atoms with E-state index < -0.39 is 0 Å². The van der Waals surface area contributed by atoms with Crippen LogP contribution < -0.4 is 5.32 Å². The lowest BCUT2D eigenvalue weighted by Crippen LogP contribution is -2.06. The third kappa shape index (κ3) is 2.41. The van der Waals surface area contributed by atoms with Crippen molar-refractivity contribution in [1.29, 1.82) is 0 Å². The van der Waals surface area contributed by atoms with Gasteiger partial charge < -0.3 is 5.32 Å². The highest BCUT2D eigenvalue weighted by molar-refractivity contribution is 5.56. The summed E-state index contributed by atoms with van der Waals surface area (Å²) < 4.78 is 3.28. The van der Waals surface area contributed by atoms with Crippen molar-refractivity contribution in [2.45, 2.75) is 6.54 Å². The van der Waals surface area contributed by atoms with E-state index in [0.29, 0.717) is 12.4 Å². The van der Waals surface area contributed by atoms with Crippen LogP contribution in [-0.4, -0.2) is 34.7 Å². The van der Waals surface area contributed by atoms with E-state index in [1.165, 1.54) is 6.33 Å². The SMILES string of the molecule is Cn1cc(CNc2cccnc2-n2cncn2)nn1. The molecule has 3 aromatic rings. The molecule has 0 amide bonds. The third-order valence-corrected chi connectivity index (χ3v) is 2.53. The van der Waals surface area contributed by atoms with Gasteiger partial charge in [0.2, 0.25) is 0 Å². The summed E-state index contributed by atoms with van der Waals surface area (Å²) >= 11 is 0. The summed E-state index contributed by atoms with van der Waals surface area (Å²) in [4.78, 5) is 8.22. The number of pyridine rings is 1. The van der Waals surface area contributed by atoms with Crippen molar-refractivity contribution in [1.82, 2.24) is 34.7 Å². The molecule has 0 saturated heterocycles. The number of aromatic nitrogens is 7. The maximum atomic E-state index is 4.30. The number of rotatable bonds is 4. The van der Waals surface area contributed by atoms with Crippen molar-refractivity contribution in [2.75, 3.05) is 5.32 Å². The van der Waals surface area contributed by atoms with Crippen LogP contribution in [0.2, 0.25) is 0 Å². The molecular weight excluding hydrogens is 244 g/mol. The van der Waals surface area contributed by atoms with Crippen LogP contribution >= 0.6 is 0 Å². The molecule has 0 saturated carbocycles. The van der Waals surface area contributed by atoms with Crippen LogP contribution in [-0.2, 0) is 13.6 Å². The number of nitrogens with zero attached hydrogens (tertiary/aromatic N) is 7. The second kappa shape index (κ2) is 4.84. The van der Waals surface area contributed by atoms with Crippen LogP contribution in [0.1, 0.15) is 5.69 Å². The molecule has 8 nitrogen and oxygen atoms in total. The van der Waals surface area contributed by atoms with Gasteiger partial charge in [0.15, 0.2) is 5.82 Å². The van der Waals surface area contributed by atoms with Gasteiger partial charge in [-0.15, -0.1) is 5.10 Å². The number of anilines is 1. The Balaban J connectivity index is 1.81. The lowest BCUT2D eigenvalue weighted by atomic mass is 10.3. The minimum Gasteiger partial charge on any atom is -0.376 e. The third-order valence-electron chi connectivity index (χ3n) is 2.53. The minimum atomic E-state index is 0.571. The van der Waals surface area contributed by atoms with Crippen molar-refractivity contribution < 1.29 is 0 Å². The smallest absolute Gasteiger partial charge is 0.178 e. The second-order valence-corrected chi connectivity index (χ2v) is 3.95. The summed E-state index contributed by atoms with van der Waals surface area (Å²) in [7, 11) is 1.83. The Labute approximate surface area is 109 Å². The molecule has 8 heteroatoms. The van der Waals surface area contributed by atoms with Gasteiger partial charge in [0.1, 0.15) is 18.3 Å². The molecule has 3 aromatic heterocycles. The van der Waals surface area contributed by atoms with Gasteiger partial charge in [-0.25, -0.2) is 14.6 Å². The highest BCUT2D eigenvalue weighted by Crippen LogP contribution is 2.16. The molecular formula is C11H12N8. The number of nitrogens with one attached hydrogen (secondary N) is 1. The van der Waals surface area contributed by atoms with E-state index in [1.54, 1.807) is 21.9 Å². The number of hydrogen-bond acceptors (Lipinski definition) is 6. The molecule has 0 atom stereocenters. The molecule has 3 heterocycles. The van der Waals surface area contributed by atoms with Crippen molar-refractivity contribution in [3.63, 3.8) is 0 Å². The summed E-state index contributed by atoms with van der Waals surface area (Å²) in [6, 6.07) is 3.79. The summed E-state index contributed by atoms with van der Waals surface area (Å²) in [5.74, 6) is 0.698. The molecule has 19 heavy (non-hydrogen) atoms. The summed E-state index contributed by atoms with van der Waals surface area (Å²) in [5.41, 5.74) is 1.72. The molecule has 0 aromatic carbocycles. The molecule has 0 spiro atoms. The Morgan fingerprint density at radius 2 is 2.32 bits per heavy atom. The van der Waals surface area contributed by atoms with E-state index >= 15 is 0 Å². The molecule has 0 aliphatic carbocycles. The van der Waals surface area contributed by atoms with Crippen LogP contribution in [0.4, 0.5) is 5.69 Å². The van der Waals surface area contributed by atoms with Gasteiger partial charge in [0, 0.05) is 19.4 Å². The summed E-state index contributed by atoms with van der Waals surface area (Å²) in [6.45, 7) is 0.571. The van der Waals surface area contributed by atoms with E-state index in [9.17, 15) is 0 Å². The van der Waals surface area contributed by atoms with Crippen molar-refractivity contribution >= 4 is 5.69 Å². The van der Waals surface area contributed by atoms with Crippen LogP contribution in [0.25, 0.3) is 5.82 Å². The van der Waals surface area contributed by atoms with Gasteiger partial charge in [-0.1, -0.05) is 5.21 Å². The standard InChI is InChI=1S/C11H12N8/c1-18-6-9(16-17-18)5-14-10-3-2-4-13-11(10)19-8-12-7-15-19/h2-4,6-8,14H,5H2,1H3. The fourth-order valence-corrected chi connectivity index (χ4v) is 1.70. The lowest BCUT2D eigenvalue weighted by molar-refractivity contribution is 0.713. The van der Waals surface area contributed by atoms with Gasteiger partial charge in [-0.3, -0.25) is 4.68 Å². The van der Waals surface area contributed by atoms with E-state index in [0.717, 1.165) is 11.4 Å². The normalized spacial score (nSPS) is 10.6. The van der Waals surface area contributed by atoms with E-state index in [2.05, 4.69) is 30.7 Å². The topological polar surface area (TPSA) is 86.3 Å². The molecule has 1 N–H and O–H groups in total. The average Bonchev–Trinajstić information content (AvgIpc) is 3.08. The number of aryl methyl sites for hydroxylation is 1. The first-order valence-corrected chi connectivity index (χ1v) is 5.72. The van der Waals surface area contributed by atoms with Gasteiger partial charge in [-0.2, -0.15) is 5.10 Å². The molecule has 0 bridgehead atoms. The Morgan fingerprint density at radius 1 is 1.37 bits per heavy atom.